The molecule has 7 nitrogen and oxygen atoms in total. The van der Waals surface area contributed by atoms with Crippen molar-refractivity contribution in [3.63, 3.8) is 0 Å². The van der Waals surface area contributed by atoms with Gasteiger partial charge in [-0.1, -0.05) is 12.8 Å². The first-order chi connectivity index (χ1) is 9.10. The molecule has 0 radical (unpaired) electrons. The molecule has 2 fully saturated rings. The van der Waals surface area contributed by atoms with E-state index >= 15 is 0 Å². The summed E-state index contributed by atoms with van der Waals surface area (Å²) in [7, 11) is 0. The fraction of sp³-hybridized carbons (Fsp3) is 0.750. The molecular formula is C12H18N4O3. The molecule has 1 aliphatic heterocycles. The molecule has 0 spiro atoms. The Morgan fingerprint density at radius 3 is 3.00 bits per heavy atom. The van der Waals surface area contributed by atoms with Crippen LogP contribution in [0.3, 0.4) is 0 Å². The standard InChI is InChI=1S/C12H18N4O3/c13-10-9(14-19-15-10)11(17)16-6-5-12(18)4-2-1-3-8(12)7-16/h8,18H,1-7H2,(H2,13,15). The summed E-state index contributed by atoms with van der Waals surface area (Å²) in [5.74, 6) is -0.0825. The van der Waals surface area contributed by atoms with Gasteiger partial charge in [0.25, 0.3) is 5.91 Å². The first-order valence-electron chi connectivity index (χ1n) is 6.70. The van der Waals surface area contributed by atoms with Crippen LogP contribution in [0.2, 0.25) is 0 Å². The van der Waals surface area contributed by atoms with Crippen molar-refractivity contribution < 1.29 is 14.5 Å². The van der Waals surface area contributed by atoms with Crippen LogP contribution < -0.4 is 5.73 Å². The quantitative estimate of drug-likeness (QED) is 0.763. The van der Waals surface area contributed by atoms with Gasteiger partial charge < -0.3 is 15.7 Å². The normalized spacial score (nSPS) is 31.0. The van der Waals surface area contributed by atoms with E-state index < -0.39 is 5.60 Å². The van der Waals surface area contributed by atoms with Gasteiger partial charge in [-0.05, 0) is 29.6 Å². The van der Waals surface area contributed by atoms with Gasteiger partial charge >= 0.3 is 0 Å². The summed E-state index contributed by atoms with van der Waals surface area (Å²) in [5, 5.41) is 17.5. The number of aromatic nitrogens is 2. The van der Waals surface area contributed by atoms with Gasteiger partial charge in [0.2, 0.25) is 11.5 Å². The molecule has 7 heteroatoms. The van der Waals surface area contributed by atoms with E-state index in [1.165, 1.54) is 0 Å². The molecule has 1 aliphatic carbocycles. The Labute approximate surface area is 110 Å². The van der Waals surface area contributed by atoms with E-state index in [4.69, 9.17) is 5.73 Å². The largest absolute Gasteiger partial charge is 0.389 e. The number of hydrogen-bond acceptors (Lipinski definition) is 6. The van der Waals surface area contributed by atoms with E-state index in [0.29, 0.717) is 19.5 Å². The minimum Gasteiger partial charge on any atom is -0.389 e. The van der Waals surface area contributed by atoms with Crippen molar-refractivity contribution >= 4 is 11.7 Å². The predicted molar refractivity (Wildman–Crippen MR) is 66.1 cm³/mol. The number of fused-ring (bicyclic) bond motifs is 1. The first kappa shape index (κ1) is 12.4. The maximum Gasteiger partial charge on any atom is 0.280 e. The fourth-order valence-corrected chi connectivity index (χ4v) is 3.25. The lowest BCUT2D eigenvalue weighted by Gasteiger charge is -2.47. The summed E-state index contributed by atoms with van der Waals surface area (Å²) in [6, 6.07) is 0. The molecule has 2 aliphatic rings. The van der Waals surface area contributed by atoms with Gasteiger partial charge in [0, 0.05) is 19.0 Å². The lowest BCUT2D eigenvalue weighted by molar-refractivity contribution is -0.0886. The molecule has 1 saturated heterocycles. The van der Waals surface area contributed by atoms with E-state index in [1.807, 2.05) is 0 Å². The first-order valence-corrected chi connectivity index (χ1v) is 6.70. The third-order valence-electron chi connectivity index (χ3n) is 4.43. The number of carbonyl (C=O) groups excluding carboxylic acids is 1. The van der Waals surface area contributed by atoms with Gasteiger partial charge in [0.1, 0.15) is 0 Å². The molecule has 3 N–H and O–H groups in total. The molecule has 2 atom stereocenters. The summed E-state index contributed by atoms with van der Waals surface area (Å²) in [6.45, 7) is 1.08. The van der Waals surface area contributed by atoms with Crippen molar-refractivity contribution in [3.8, 4) is 0 Å². The Morgan fingerprint density at radius 1 is 1.42 bits per heavy atom. The third-order valence-corrected chi connectivity index (χ3v) is 4.43. The van der Waals surface area contributed by atoms with Gasteiger partial charge in [-0.2, -0.15) is 0 Å². The Hall–Kier alpha value is -1.63. The Bertz CT molecular complexity index is 489. The molecule has 1 aromatic heterocycles. The number of rotatable bonds is 1. The number of anilines is 1. The third kappa shape index (κ3) is 2.07. The molecule has 19 heavy (non-hydrogen) atoms. The van der Waals surface area contributed by atoms with Gasteiger partial charge in [-0.25, -0.2) is 4.63 Å². The smallest absolute Gasteiger partial charge is 0.280 e. The van der Waals surface area contributed by atoms with E-state index in [1.54, 1.807) is 4.90 Å². The minimum atomic E-state index is -0.595. The SMILES string of the molecule is Nc1nonc1C(=O)N1CCC2(O)CCCCC2C1. The molecule has 0 bridgehead atoms. The van der Waals surface area contributed by atoms with Crippen LogP contribution in [0.15, 0.2) is 4.63 Å². The molecule has 1 amide bonds. The molecule has 3 rings (SSSR count). The molecule has 1 aromatic rings. The molecule has 1 saturated carbocycles. The minimum absolute atomic E-state index is 0.0227. The molecule has 2 heterocycles. The molecule has 104 valence electrons. The number of nitrogens with two attached hydrogens (primary N) is 1. The average molecular weight is 266 g/mol. The summed E-state index contributed by atoms with van der Waals surface area (Å²) < 4.78 is 4.46. The van der Waals surface area contributed by atoms with Crippen LogP contribution in [0.25, 0.3) is 0 Å². The highest BCUT2D eigenvalue weighted by Gasteiger charge is 2.44. The van der Waals surface area contributed by atoms with Crippen molar-refractivity contribution in [1.82, 2.24) is 15.2 Å². The van der Waals surface area contributed by atoms with Crippen LogP contribution in [0.5, 0.6) is 0 Å². The van der Waals surface area contributed by atoms with Crippen LogP contribution >= 0.6 is 0 Å². The van der Waals surface area contributed by atoms with Gasteiger partial charge in [0.05, 0.1) is 5.60 Å². The van der Waals surface area contributed by atoms with E-state index in [9.17, 15) is 9.90 Å². The van der Waals surface area contributed by atoms with E-state index in [-0.39, 0.29) is 23.3 Å². The van der Waals surface area contributed by atoms with Gasteiger partial charge in [-0.15, -0.1) is 0 Å². The Kier molecular flexibility index (Phi) is 2.93. The predicted octanol–water partition coefficient (Wildman–Crippen LogP) is 0.419. The van der Waals surface area contributed by atoms with Crippen LogP contribution in [0.4, 0.5) is 5.82 Å². The number of nitrogens with zero attached hydrogens (tertiary/aromatic N) is 3. The summed E-state index contributed by atoms with van der Waals surface area (Å²) in [4.78, 5) is 14.0. The van der Waals surface area contributed by atoms with E-state index in [2.05, 4.69) is 14.9 Å². The lowest BCUT2D eigenvalue weighted by atomic mass is 9.71. The summed E-state index contributed by atoms with van der Waals surface area (Å²) in [6.07, 6.45) is 4.61. The van der Waals surface area contributed by atoms with Crippen molar-refractivity contribution in [1.29, 1.82) is 0 Å². The lowest BCUT2D eigenvalue weighted by Crippen LogP contribution is -2.54. The van der Waals surface area contributed by atoms with Crippen LogP contribution in [-0.4, -0.2) is 44.9 Å². The second-order valence-corrected chi connectivity index (χ2v) is 5.55. The highest BCUT2D eigenvalue weighted by atomic mass is 16.6. The Balaban J connectivity index is 1.74. The number of hydrogen-bond donors (Lipinski definition) is 2. The maximum atomic E-state index is 12.3. The highest BCUT2D eigenvalue weighted by molar-refractivity contribution is 5.96. The topological polar surface area (TPSA) is 105 Å². The van der Waals surface area contributed by atoms with Crippen molar-refractivity contribution in [3.05, 3.63) is 5.69 Å². The zero-order valence-electron chi connectivity index (χ0n) is 10.7. The zero-order valence-corrected chi connectivity index (χ0v) is 10.7. The fourth-order valence-electron chi connectivity index (χ4n) is 3.25. The van der Waals surface area contributed by atoms with Crippen molar-refractivity contribution in [2.45, 2.75) is 37.7 Å². The van der Waals surface area contributed by atoms with Crippen molar-refractivity contribution in [2.75, 3.05) is 18.8 Å². The molecule has 2 unspecified atom stereocenters. The monoisotopic (exact) mass is 266 g/mol. The molecular weight excluding hydrogens is 248 g/mol. The number of nitrogen functional groups attached to an aromatic ring is 1. The second kappa shape index (κ2) is 4.48. The number of aliphatic hydroxyl groups is 1. The summed E-state index contributed by atoms with van der Waals surface area (Å²) in [5.41, 5.74) is 5.02. The van der Waals surface area contributed by atoms with Crippen LogP contribution in [-0.2, 0) is 0 Å². The average Bonchev–Trinajstić information content (AvgIpc) is 2.83. The highest BCUT2D eigenvalue weighted by Crippen LogP contribution is 2.40. The number of amides is 1. The number of carbonyl (C=O) groups is 1. The second-order valence-electron chi connectivity index (χ2n) is 5.55. The zero-order chi connectivity index (χ0) is 13.5. The van der Waals surface area contributed by atoms with E-state index in [0.717, 1.165) is 25.7 Å². The Morgan fingerprint density at radius 2 is 2.26 bits per heavy atom. The number of likely N-dealkylation sites (tertiary alicyclic amines) is 1. The maximum absolute atomic E-state index is 12.3. The van der Waals surface area contributed by atoms with Crippen LogP contribution in [0, 0.1) is 5.92 Å². The molecule has 0 aromatic carbocycles. The number of piperidine rings is 1. The summed E-state index contributed by atoms with van der Waals surface area (Å²) >= 11 is 0. The van der Waals surface area contributed by atoms with Gasteiger partial charge in [0.15, 0.2) is 0 Å². The van der Waals surface area contributed by atoms with Crippen LogP contribution in [0.1, 0.15) is 42.6 Å². The van der Waals surface area contributed by atoms with Crippen molar-refractivity contribution in [2.24, 2.45) is 5.92 Å². The van der Waals surface area contributed by atoms with Gasteiger partial charge in [-0.3, -0.25) is 4.79 Å².